The van der Waals surface area contributed by atoms with E-state index in [-0.39, 0.29) is 11.4 Å². The highest BCUT2D eigenvalue weighted by atomic mass is 32.2. The monoisotopic (exact) mass is 409 g/mol. The summed E-state index contributed by atoms with van der Waals surface area (Å²) in [4.78, 5) is 12.7. The van der Waals surface area contributed by atoms with Gasteiger partial charge in [0, 0.05) is 5.39 Å². The summed E-state index contributed by atoms with van der Waals surface area (Å²) in [5.41, 5.74) is 4.36. The number of methoxy groups -OCH3 is 1. The van der Waals surface area contributed by atoms with Crippen LogP contribution in [0.25, 0.3) is 10.8 Å². The summed E-state index contributed by atoms with van der Waals surface area (Å²) in [5.74, 6) is 0.199. The van der Waals surface area contributed by atoms with Gasteiger partial charge < -0.3 is 4.74 Å². The summed E-state index contributed by atoms with van der Waals surface area (Å²) < 4.78 is 32.1. The number of hydrogen-bond acceptors (Lipinski definition) is 5. The third-order valence-electron chi connectivity index (χ3n) is 4.82. The lowest BCUT2D eigenvalue weighted by Crippen LogP contribution is -2.37. The molecule has 0 bridgehead atoms. The number of rotatable bonds is 5. The van der Waals surface area contributed by atoms with E-state index in [2.05, 4.69) is 10.5 Å². The molecule has 1 heterocycles. The second-order valence-corrected chi connectivity index (χ2v) is 8.43. The van der Waals surface area contributed by atoms with Gasteiger partial charge in [-0.1, -0.05) is 24.3 Å². The van der Waals surface area contributed by atoms with Crippen LogP contribution in [0.15, 0.2) is 70.7 Å². The van der Waals surface area contributed by atoms with Crippen LogP contribution in [0.2, 0.25) is 0 Å². The molecule has 0 aromatic heterocycles. The molecule has 7 nitrogen and oxygen atoms in total. The zero-order chi connectivity index (χ0) is 20.6. The van der Waals surface area contributed by atoms with E-state index < -0.39 is 15.9 Å². The number of nitrogens with zero attached hydrogens (tertiary/aromatic N) is 2. The Kier molecular flexibility index (Phi) is 4.71. The Morgan fingerprint density at radius 1 is 1.07 bits per heavy atom. The third-order valence-corrected chi connectivity index (χ3v) is 6.63. The molecule has 1 N–H and O–H groups in total. The highest BCUT2D eigenvalue weighted by Gasteiger charge is 2.36. The van der Waals surface area contributed by atoms with Crippen molar-refractivity contribution < 1.29 is 17.9 Å². The molecule has 8 heteroatoms. The normalized spacial score (nSPS) is 14.8. The van der Waals surface area contributed by atoms with Crippen molar-refractivity contribution in [1.82, 2.24) is 5.43 Å². The summed E-state index contributed by atoms with van der Waals surface area (Å²) in [6.07, 6.45) is 0. The van der Waals surface area contributed by atoms with Gasteiger partial charge in [-0.05, 0) is 54.3 Å². The third kappa shape index (κ3) is 3.31. The first-order chi connectivity index (χ1) is 13.9. The number of carbonyl (C=O) groups excluding carboxylic acids is 1. The Balaban J connectivity index is 1.54. The smallest absolute Gasteiger partial charge is 0.265 e. The minimum absolute atomic E-state index is 0.219. The molecule has 0 unspecified atom stereocenters. The molecule has 0 fully saturated rings. The molecular weight excluding hydrogens is 390 g/mol. The Hall–Kier alpha value is -3.39. The van der Waals surface area contributed by atoms with Gasteiger partial charge in [-0.15, -0.1) is 0 Å². The van der Waals surface area contributed by atoms with Crippen molar-refractivity contribution in [2.45, 2.75) is 11.8 Å². The summed E-state index contributed by atoms with van der Waals surface area (Å²) in [5, 5.41) is 5.55. The molecule has 4 rings (SSSR count). The van der Waals surface area contributed by atoms with Crippen LogP contribution in [0.5, 0.6) is 5.75 Å². The molecule has 3 aromatic carbocycles. The van der Waals surface area contributed by atoms with Crippen molar-refractivity contribution in [2.24, 2.45) is 5.10 Å². The van der Waals surface area contributed by atoms with Crippen LogP contribution in [-0.2, 0) is 14.8 Å². The van der Waals surface area contributed by atoms with Gasteiger partial charge in [-0.2, -0.15) is 5.10 Å². The zero-order valence-electron chi connectivity index (χ0n) is 15.9. The van der Waals surface area contributed by atoms with E-state index in [1.807, 2.05) is 24.3 Å². The highest BCUT2D eigenvalue weighted by molar-refractivity contribution is 7.93. The quantitative estimate of drug-likeness (QED) is 0.518. The lowest BCUT2D eigenvalue weighted by molar-refractivity contribution is -0.119. The van der Waals surface area contributed by atoms with E-state index in [0.29, 0.717) is 16.8 Å². The Labute approximate surface area is 168 Å². The number of sulfonamides is 1. The van der Waals surface area contributed by atoms with Gasteiger partial charge in [0.05, 0.1) is 23.4 Å². The summed E-state index contributed by atoms with van der Waals surface area (Å²) in [7, 11) is -2.20. The first-order valence-electron chi connectivity index (χ1n) is 8.94. The summed E-state index contributed by atoms with van der Waals surface area (Å²) >= 11 is 0. The number of benzene rings is 3. The molecule has 0 saturated carbocycles. The maximum Gasteiger partial charge on any atom is 0.265 e. The second-order valence-electron chi connectivity index (χ2n) is 6.60. The average molecular weight is 409 g/mol. The second kappa shape index (κ2) is 7.21. The number of nitrogens with one attached hydrogen (secondary N) is 1. The standard InChI is InChI=1S/C21H19N3O4S/c1-14(15-9-11-17(28-2)12-10-15)22-23-20(25)13-24-18-7-3-5-16-6-4-8-19(21(16)18)29(24,26)27/h3-12H,13H2,1-2H3,(H,23,25)/b22-14-. The number of hydrogen-bond donors (Lipinski definition) is 1. The Bertz CT molecular complexity index is 1230. The van der Waals surface area contributed by atoms with E-state index in [0.717, 1.165) is 21.0 Å². The van der Waals surface area contributed by atoms with Gasteiger partial charge in [0.1, 0.15) is 12.3 Å². The van der Waals surface area contributed by atoms with Gasteiger partial charge in [-0.3, -0.25) is 9.10 Å². The minimum Gasteiger partial charge on any atom is -0.497 e. The van der Waals surface area contributed by atoms with Crippen LogP contribution in [0, 0.1) is 0 Å². The molecule has 1 aliphatic rings. The van der Waals surface area contributed by atoms with Crippen molar-refractivity contribution in [1.29, 1.82) is 0 Å². The molecule has 3 aromatic rings. The summed E-state index contributed by atoms with van der Waals surface area (Å²) in [6, 6.07) is 17.7. The van der Waals surface area contributed by atoms with E-state index in [1.165, 1.54) is 0 Å². The maximum absolute atomic E-state index is 12.9. The number of anilines is 1. The van der Waals surface area contributed by atoms with Gasteiger partial charge in [-0.25, -0.2) is 13.8 Å². The molecule has 0 radical (unpaired) electrons. The van der Waals surface area contributed by atoms with E-state index in [4.69, 9.17) is 4.74 Å². The summed E-state index contributed by atoms with van der Waals surface area (Å²) in [6.45, 7) is 1.40. The van der Waals surface area contributed by atoms with E-state index in [9.17, 15) is 13.2 Å². The average Bonchev–Trinajstić information content (AvgIpc) is 2.95. The number of carbonyl (C=O) groups is 1. The molecule has 0 saturated heterocycles. The number of ether oxygens (including phenoxy) is 1. The maximum atomic E-state index is 12.9. The van der Waals surface area contributed by atoms with Crippen molar-refractivity contribution in [3.63, 3.8) is 0 Å². The van der Waals surface area contributed by atoms with E-state index in [1.54, 1.807) is 50.4 Å². The van der Waals surface area contributed by atoms with Gasteiger partial charge >= 0.3 is 0 Å². The van der Waals surface area contributed by atoms with Crippen molar-refractivity contribution in [3.05, 3.63) is 66.2 Å². The topological polar surface area (TPSA) is 88.1 Å². The van der Waals surface area contributed by atoms with Crippen molar-refractivity contribution in [3.8, 4) is 5.75 Å². The predicted molar refractivity (Wildman–Crippen MR) is 112 cm³/mol. The fourth-order valence-electron chi connectivity index (χ4n) is 3.34. The molecular formula is C21H19N3O4S. The van der Waals surface area contributed by atoms with Crippen LogP contribution in [0.1, 0.15) is 12.5 Å². The minimum atomic E-state index is -3.78. The fraction of sp³-hybridized carbons (Fsp3) is 0.143. The fourth-order valence-corrected chi connectivity index (χ4v) is 5.00. The van der Waals surface area contributed by atoms with Gasteiger partial charge in [0.2, 0.25) is 0 Å². The lowest BCUT2D eigenvalue weighted by atomic mass is 10.1. The molecule has 0 spiro atoms. The SMILES string of the molecule is COc1ccc(/C(C)=N\NC(=O)CN2c3cccc4cccc(c34)S2(=O)=O)cc1. The van der Waals surface area contributed by atoms with Crippen LogP contribution < -0.4 is 14.5 Å². The Morgan fingerprint density at radius 3 is 2.45 bits per heavy atom. The van der Waals surface area contributed by atoms with Gasteiger partial charge in [0.15, 0.2) is 0 Å². The number of hydrazone groups is 1. The molecule has 0 atom stereocenters. The zero-order valence-corrected chi connectivity index (χ0v) is 16.7. The van der Waals surface area contributed by atoms with Gasteiger partial charge in [0.25, 0.3) is 15.9 Å². The molecule has 148 valence electrons. The van der Waals surface area contributed by atoms with Crippen molar-refractivity contribution in [2.75, 3.05) is 18.0 Å². The van der Waals surface area contributed by atoms with E-state index >= 15 is 0 Å². The first kappa shape index (κ1) is 18.9. The molecule has 29 heavy (non-hydrogen) atoms. The largest absolute Gasteiger partial charge is 0.497 e. The molecule has 1 amide bonds. The van der Waals surface area contributed by atoms with Crippen molar-refractivity contribution >= 4 is 38.1 Å². The van der Waals surface area contributed by atoms with Crippen LogP contribution in [0.3, 0.4) is 0 Å². The number of amides is 1. The lowest BCUT2D eigenvalue weighted by Gasteiger charge is -2.17. The predicted octanol–water partition coefficient (Wildman–Crippen LogP) is 2.90. The van der Waals surface area contributed by atoms with Crippen LogP contribution >= 0.6 is 0 Å². The molecule has 0 aliphatic carbocycles. The Morgan fingerprint density at radius 2 is 1.76 bits per heavy atom. The van der Waals surface area contributed by atoms with Crippen LogP contribution in [0.4, 0.5) is 5.69 Å². The molecule has 1 aliphatic heterocycles. The van der Waals surface area contributed by atoms with Crippen LogP contribution in [-0.4, -0.2) is 33.7 Å². The first-order valence-corrected chi connectivity index (χ1v) is 10.4. The highest BCUT2D eigenvalue weighted by Crippen LogP contribution is 2.41.